The van der Waals surface area contributed by atoms with Gasteiger partial charge in [0, 0.05) is 18.9 Å². The number of hydrogen-bond acceptors (Lipinski definition) is 4. The summed E-state index contributed by atoms with van der Waals surface area (Å²) < 4.78 is 45.0. The second-order valence-electron chi connectivity index (χ2n) is 5.45. The minimum atomic E-state index is -4.55. The van der Waals surface area contributed by atoms with Gasteiger partial charge in [-0.25, -0.2) is 4.98 Å². The molecule has 0 aliphatic heterocycles. The molecule has 0 saturated carbocycles. The maximum atomic E-state index is 13.2. The zero-order valence-corrected chi connectivity index (χ0v) is 13.3. The normalized spacial score (nSPS) is 11.7. The molecule has 0 saturated heterocycles. The Morgan fingerprint density at radius 1 is 1.13 bits per heavy atom. The Hall–Kier alpha value is -2.31. The molecule has 2 rings (SSSR count). The van der Waals surface area contributed by atoms with Gasteiger partial charge in [0.25, 0.3) is 0 Å². The Balaban J connectivity index is 2.49. The van der Waals surface area contributed by atoms with Crippen LogP contribution in [-0.4, -0.2) is 23.1 Å². The maximum Gasteiger partial charge on any atom is 0.421 e. The highest BCUT2D eigenvalue weighted by Crippen LogP contribution is 2.37. The number of rotatable bonds is 4. The van der Waals surface area contributed by atoms with Crippen molar-refractivity contribution < 1.29 is 17.9 Å². The largest absolute Gasteiger partial charge is 0.461 e. The van der Waals surface area contributed by atoms with Gasteiger partial charge < -0.3 is 9.64 Å². The number of nitrogens with zero attached hydrogens (tertiary/aromatic N) is 3. The second-order valence-corrected chi connectivity index (χ2v) is 5.45. The molecule has 0 bridgehead atoms. The minimum Gasteiger partial charge on any atom is -0.461 e. The molecule has 124 valence electrons. The lowest BCUT2D eigenvalue weighted by molar-refractivity contribution is -0.137. The first-order chi connectivity index (χ1) is 10.7. The third-order valence-electron chi connectivity index (χ3n) is 3.13. The molecule has 0 unspecified atom stereocenters. The number of benzene rings is 1. The summed E-state index contributed by atoms with van der Waals surface area (Å²) in [5, 5.41) is 0. The highest BCUT2D eigenvalue weighted by atomic mass is 19.4. The third kappa shape index (κ3) is 4.12. The van der Waals surface area contributed by atoms with E-state index in [4.69, 9.17) is 4.74 Å². The van der Waals surface area contributed by atoms with Crippen molar-refractivity contribution in [1.82, 2.24) is 9.97 Å². The molecule has 0 atom stereocenters. The molecule has 1 aromatic heterocycles. The van der Waals surface area contributed by atoms with E-state index >= 15 is 0 Å². The van der Waals surface area contributed by atoms with E-state index in [0.717, 1.165) is 11.8 Å². The van der Waals surface area contributed by atoms with E-state index in [1.807, 2.05) is 19.1 Å². The quantitative estimate of drug-likeness (QED) is 0.837. The number of aromatic nitrogens is 2. The monoisotopic (exact) mass is 325 g/mol. The molecule has 0 fully saturated rings. The van der Waals surface area contributed by atoms with E-state index in [0.29, 0.717) is 5.69 Å². The lowest BCUT2D eigenvalue weighted by Gasteiger charge is -2.23. The Bertz CT molecular complexity index is 669. The van der Waals surface area contributed by atoms with Crippen molar-refractivity contribution in [1.29, 1.82) is 0 Å². The number of hydrogen-bond donors (Lipinski definition) is 0. The minimum absolute atomic E-state index is 0.0815. The predicted molar refractivity (Wildman–Crippen MR) is 82.0 cm³/mol. The summed E-state index contributed by atoms with van der Waals surface area (Å²) in [6, 6.07) is 7.04. The lowest BCUT2D eigenvalue weighted by atomic mass is 10.2. The van der Waals surface area contributed by atoms with E-state index in [2.05, 4.69) is 9.97 Å². The molecule has 0 N–H and O–H groups in total. The van der Waals surface area contributed by atoms with E-state index in [9.17, 15) is 13.2 Å². The second kappa shape index (κ2) is 6.44. The Morgan fingerprint density at radius 3 is 2.26 bits per heavy atom. The first-order valence-corrected chi connectivity index (χ1v) is 7.09. The molecule has 0 radical (unpaired) electrons. The van der Waals surface area contributed by atoms with Gasteiger partial charge in [-0.05, 0) is 32.9 Å². The number of aryl methyl sites for hydroxylation is 1. The van der Waals surface area contributed by atoms with Gasteiger partial charge in [0.1, 0.15) is 5.56 Å². The van der Waals surface area contributed by atoms with Crippen LogP contribution in [0, 0.1) is 6.92 Å². The van der Waals surface area contributed by atoms with Gasteiger partial charge in [-0.15, -0.1) is 0 Å². The lowest BCUT2D eigenvalue weighted by Crippen LogP contribution is -2.20. The van der Waals surface area contributed by atoms with Crippen LogP contribution in [0.2, 0.25) is 0 Å². The predicted octanol–water partition coefficient (Wildman–Crippen LogP) is 4.36. The maximum absolute atomic E-state index is 13.2. The molecule has 0 amide bonds. The van der Waals surface area contributed by atoms with Gasteiger partial charge in [0.2, 0.25) is 0 Å². The molecule has 23 heavy (non-hydrogen) atoms. The Kier molecular flexibility index (Phi) is 4.77. The SMILES string of the molecule is Cc1ccc(N(C)c2nc(OC(C)C)ncc2C(F)(F)F)cc1. The van der Waals surface area contributed by atoms with Crippen molar-refractivity contribution >= 4 is 11.5 Å². The zero-order chi connectivity index (χ0) is 17.2. The molecular weight excluding hydrogens is 307 g/mol. The number of anilines is 2. The van der Waals surface area contributed by atoms with Gasteiger partial charge in [-0.1, -0.05) is 17.7 Å². The van der Waals surface area contributed by atoms with Gasteiger partial charge >= 0.3 is 12.2 Å². The van der Waals surface area contributed by atoms with Crippen molar-refractivity contribution in [3.8, 4) is 6.01 Å². The summed E-state index contributed by atoms with van der Waals surface area (Å²) in [6.45, 7) is 5.42. The van der Waals surface area contributed by atoms with Gasteiger partial charge in [0.15, 0.2) is 5.82 Å². The van der Waals surface area contributed by atoms with Crippen LogP contribution in [0.15, 0.2) is 30.5 Å². The number of halogens is 3. The van der Waals surface area contributed by atoms with Crippen LogP contribution in [0.5, 0.6) is 6.01 Å². The molecule has 1 aromatic carbocycles. The number of ether oxygens (including phenoxy) is 1. The summed E-state index contributed by atoms with van der Waals surface area (Å²) in [5.41, 5.74) is 0.705. The van der Waals surface area contributed by atoms with Crippen molar-refractivity contribution in [2.45, 2.75) is 33.1 Å². The van der Waals surface area contributed by atoms with Crippen LogP contribution < -0.4 is 9.64 Å². The van der Waals surface area contributed by atoms with Gasteiger partial charge in [0.05, 0.1) is 6.10 Å². The van der Waals surface area contributed by atoms with E-state index in [-0.39, 0.29) is 17.9 Å². The molecule has 4 nitrogen and oxygen atoms in total. The molecule has 1 heterocycles. The highest BCUT2D eigenvalue weighted by molar-refractivity contribution is 5.63. The average molecular weight is 325 g/mol. The molecule has 2 aromatic rings. The van der Waals surface area contributed by atoms with Crippen molar-refractivity contribution in [3.63, 3.8) is 0 Å². The molecule has 0 spiro atoms. The molecule has 7 heteroatoms. The first-order valence-electron chi connectivity index (χ1n) is 7.09. The topological polar surface area (TPSA) is 38.2 Å². The van der Waals surface area contributed by atoms with Gasteiger partial charge in [-0.3, -0.25) is 0 Å². The highest BCUT2D eigenvalue weighted by Gasteiger charge is 2.36. The van der Waals surface area contributed by atoms with E-state index in [1.54, 1.807) is 26.0 Å². The van der Waals surface area contributed by atoms with Crippen LogP contribution in [0.1, 0.15) is 25.0 Å². The van der Waals surface area contributed by atoms with Crippen LogP contribution in [0.4, 0.5) is 24.7 Å². The third-order valence-corrected chi connectivity index (χ3v) is 3.13. The van der Waals surface area contributed by atoms with Crippen LogP contribution in [0.25, 0.3) is 0 Å². The van der Waals surface area contributed by atoms with Crippen LogP contribution >= 0.6 is 0 Å². The average Bonchev–Trinajstić information content (AvgIpc) is 2.45. The van der Waals surface area contributed by atoms with Gasteiger partial charge in [-0.2, -0.15) is 18.2 Å². The fourth-order valence-corrected chi connectivity index (χ4v) is 1.97. The van der Waals surface area contributed by atoms with Crippen LogP contribution in [-0.2, 0) is 6.18 Å². The smallest absolute Gasteiger partial charge is 0.421 e. The zero-order valence-electron chi connectivity index (χ0n) is 13.3. The number of alkyl halides is 3. The van der Waals surface area contributed by atoms with Crippen molar-refractivity contribution in [2.24, 2.45) is 0 Å². The molecular formula is C16H18F3N3O. The fraction of sp³-hybridized carbons (Fsp3) is 0.375. The molecule has 0 aliphatic carbocycles. The fourth-order valence-electron chi connectivity index (χ4n) is 1.97. The van der Waals surface area contributed by atoms with E-state index < -0.39 is 11.7 Å². The standard InChI is InChI=1S/C16H18F3N3O/c1-10(2)23-15-20-9-13(16(17,18)19)14(21-15)22(4)12-7-5-11(3)6-8-12/h5-10H,1-4H3. The van der Waals surface area contributed by atoms with E-state index in [1.165, 1.54) is 11.9 Å². The summed E-state index contributed by atoms with van der Waals surface area (Å²) in [4.78, 5) is 8.98. The Morgan fingerprint density at radius 2 is 1.74 bits per heavy atom. The summed E-state index contributed by atoms with van der Waals surface area (Å²) >= 11 is 0. The van der Waals surface area contributed by atoms with Crippen molar-refractivity contribution in [3.05, 3.63) is 41.6 Å². The first kappa shape index (κ1) is 17.1. The Labute approximate surface area is 132 Å². The summed E-state index contributed by atoms with van der Waals surface area (Å²) in [6.07, 6.45) is -4.03. The molecule has 0 aliphatic rings. The summed E-state index contributed by atoms with van der Waals surface area (Å²) in [5.74, 6) is -0.244. The summed E-state index contributed by atoms with van der Waals surface area (Å²) in [7, 11) is 1.53. The van der Waals surface area contributed by atoms with Crippen molar-refractivity contribution in [2.75, 3.05) is 11.9 Å². The van der Waals surface area contributed by atoms with Crippen LogP contribution in [0.3, 0.4) is 0 Å².